The van der Waals surface area contributed by atoms with Crippen molar-refractivity contribution in [2.75, 3.05) is 19.0 Å². The maximum absolute atomic E-state index is 13.5. The first kappa shape index (κ1) is 25.3. The number of alkyl halides is 2. The summed E-state index contributed by atoms with van der Waals surface area (Å²) < 4.78 is 43.6. The number of amides is 1. The summed E-state index contributed by atoms with van der Waals surface area (Å²) in [6, 6.07) is 9.99. The third-order valence-corrected chi connectivity index (χ3v) is 6.95. The highest BCUT2D eigenvalue weighted by molar-refractivity contribution is 6.03. The average Bonchev–Trinajstić information content (AvgIpc) is 3.46. The smallest absolute Gasteiger partial charge is 0.494 e. The first-order valence-corrected chi connectivity index (χ1v) is 12.1. The molecule has 0 bridgehead atoms. The van der Waals surface area contributed by atoms with Crippen molar-refractivity contribution in [1.82, 2.24) is 4.57 Å². The van der Waals surface area contributed by atoms with Crippen LogP contribution in [-0.2, 0) is 22.2 Å². The molecule has 2 heterocycles. The molecule has 1 aliphatic carbocycles. The van der Waals surface area contributed by atoms with E-state index in [4.69, 9.17) is 4.74 Å². The molecule has 204 valence electrons. The lowest BCUT2D eigenvalue weighted by molar-refractivity contribution is -0.286. The Kier molecular flexibility index (Phi) is 5.87. The number of fused-ring (bicyclic) bond motifs is 2. The molecule has 3 aromatic rings. The van der Waals surface area contributed by atoms with Gasteiger partial charge in [-0.15, -0.1) is 8.78 Å². The molecule has 10 heteroatoms. The number of hydrogen-bond donors (Lipinski definition) is 3. The zero-order chi connectivity index (χ0) is 26.8. The summed E-state index contributed by atoms with van der Waals surface area (Å²) in [6.07, 6.45) is -3.53. The SMILES string of the molecule is COc1cc(NC(=O)C2(c3ccc4c(c3)OC(F)(F)O4)CC2)cc2cc(C(C)(C)C)n(C[C@@H](O)CO)c12.[HH].[HH].[HH]. The van der Waals surface area contributed by atoms with Gasteiger partial charge in [0.15, 0.2) is 11.5 Å². The van der Waals surface area contributed by atoms with Crippen LogP contribution in [0, 0.1) is 0 Å². The Bertz CT molecular complexity index is 1390. The quantitative estimate of drug-likeness (QED) is 0.402. The van der Waals surface area contributed by atoms with E-state index in [2.05, 4.69) is 35.6 Å². The number of methoxy groups -OCH3 is 1. The fourth-order valence-electron chi connectivity index (χ4n) is 4.95. The Morgan fingerprint density at radius 2 is 1.89 bits per heavy atom. The van der Waals surface area contributed by atoms with Gasteiger partial charge in [-0.3, -0.25) is 4.79 Å². The normalized spacial score (nSPS) is 18.1. The lowest BCUT2D eigenvalue weighted by Crippen LogP contribution is -2.28. The lowest BCUT2D eigenvalue weighted by atomic mass is 9.92. The van der Waals surface area contributed by atoms with Gasteiger partial charge >= 0.3 is 6.29 Å². The number of hydrogen-bond acceptors (Lipinski definition) is 6. The van der Waals surface area contributed by atoms with E-state index in [1.807, 2.05) is 16.7 Å². The summed E-state index contributed by atoms with van der Waals surface area (Å²) in [5.41, 5.74) is 1.66. The second kappa shape index (κ2) is 8.59. The highest BCUT2D eigenvalue weighted by Crippen LogP contribution is 2.52. The summed E-state index contributed by atoms with van der Waals surface area (Å²) in [6.45, 7) is 5.96. The monoisotopic (exact) mass is 522 g/mol. The van der Waals surface area contributed by atoms with Crippen molar-refractivity contribution >= 4 is 22.5 Å². The molecule has 2 aromatic carbocycles. The minimum Gasteiger partial charge on any atom is -0.494 e. The van der Waals surface area contributed by atoms with Crippen LogP contribution in [0.25, 0.3) is 10.9 Å². The van der Waals surface area contributed by atoms with Crippen molar-refractivity contribution in [3.05, 3.63) is 47.7 Å². The Labute approximate surface area is 217 Å². The van der Waals surface area contributed by atoms with Gasteiger partial charge in [-0.2, -0.15) is 0 Å². The largest absolute Gasteiger partial charge is 0.586 e. The Hall–Kier alpha value is -3.37. The molecular weight excluding hydrogens is 486 g/mol. The van der Waals surface area contributed by atoms with Crippen LogP contribution >= 0.6 is 0 Å². The third-order valence-electron chi connectivity index (χ3n) is 6.95. The number of anilines is 1. The zero-order valence-corrected chi connectivity index (χ0v) is 21.1. The van der Waals surface area contributed by atoms with Gasteiger partial charge in [0.2, 0.25) is 5.91 Å². The van der Waals surface area contributed by atoms with Crippen LogP contribution in [0.1, 0.15) is 49.2 Å². The van der Waals surface area contributed by atoms with E-state index < -0.39 is 17.8 Å². The van der Waals surface area contributed by atoms with Crippen LogP contribution in [-0.4, -0.2) is 46.8 Å². The number of nitrogens with one attached hydrogen (secondary N) is 1. The Balaban J connectivity index is 0.00000187. The molecule has 37 heavy (non-hydrogen) atoms. The molecule has 1 fully saturated rings. The molecule has 1 aliphatic heterocycles. The molecule has 1 saturated carbocycles. The minimum absolute atomic E-state index is 0. The van der Waals surface area contributed by atoms with Crippen LogP contribution in [0.5, 0.6) is 17.2 Å². The summed E-state index contributed by atoms with van der Waals surface area (Å²) >= 11 is 0. The number of benzene rings is 2. The van der Waals surface area contributed by atoms with Gasteiger partial charge in [0.05, 0.1) is 37.3 Å². The number of carbonyl (C=O) groups excluding carboxylic acids is 1. The minimum atomic E-state index is -3.72. The average molecular weight is 523 g/mol. The molecule has 3 N–H and O–H groups in total. The van der Waals surface area contributed by atoms with Crippen molar-refractivity contribution < 1.29 is 42.3 Å². The van der Waals surface area contributed by atoms with Gasteiger partial charge in [0.1, 0.15) is 5.75 Å². The first-order chi connectivity index (χ1) is 17.4. The molecular formula is C27H36F2N2O6. The van der Waals surface area contributed by atoms with Crippen molar-refractivity contribution in [2.45, 2.75) is 63.4 Å². The van der Waals surface area contributed by atoms with Gasteiger partial charge < -0.3 is 34.3 Å². The molecule has 5 rings (SSSR count). The molecule has 0 radical (unpaired) electrons. The van der Waals surface area contributed by atoms with E-state index in [1.165, 1.54) is 19.2 Å². The second-order valence-electron chi connectivity index (χ2n) is 10.7. The van der Waals surface area contributed by atoms with Crippen LogP contribution in [0.4, 0.5) is 14.5 Å². The fraction of sp³-hybridized carbons (Fsp3) is 0.444. The molecule has 8 nitrogen and oxygen atoms in total. The summed E-state index contributed by atoms with van der Waals surface area (Å²) in [4.78, 5) is 13.4. The van der Waals surface area contributed by atoms with Crippen LogP contribution in [0.2, 0.25) is 0 Å². The highest BCUT2D eigenvalue weighted by atomic mass is 19.3. The predicted molar refractivity (Wildman–Crippen MR) is 139 cm³/mol. The van der Waals surface area contributed by atoms with Crippen molar-refractivity contribution in [2.24, 2.45) is 0 Å². The maximum atomic E-state index is 13.5. The second-order valence-corrected chi connectivity index (χ2v) is 10.7. The fourth-order valence-corrected chi connectivity index (χ4v) is 4.95. The van der Waals surface area contributed by atoms with Gasteiger partial charge in [-0.05, 0) is 42.7 Å². The lowest BCUT2D eigenvalue weighted by Gasteiger charge is -2.24. The van der Waals surface area contributed by atoms with E-state index >= 15 is 0 Å². The number of nitrogens with zero attached hydrogens (tertiary/aromatic N) is 1. The number of aliphatic hydroxyl groups is 2. The van der Waals surface area contributed by atoms with Crippen molar-refractivity contribution in [3.63, 3.8) is 0 Å². The number of ether oxygens (including phenoxy) is 3. The standard InChI is InChI=1S/C27H30F2N2O6.3H2/c1-25(2,3)22-10-15-9-17(12-21(35-4)23(15)31(22)13-18(33)14-32)30-24(34)26(7-8-26)16-5-6-19-20(11-16)37-27(28,29)36-19;;;/h5-6,9-12,18,32-33H,7-8,13-14H2,1-4H3,(H,30,34);3*1H/t18-;;;/m1.../s1. The van der Waals surface area contributed by atoms with Crippen molar-refractivity contribution in [1.29, 1.82) is 0 Å². The molecule has 0 saturated heterocycles. The molecule has 0 spiro atoms. The van der Waals surface area contributed by atoms with Crippen LogP contribution < -0.4 is 19.5 Å². The third kappa shape index (κ3) is 4.48. The number of rotatable bonds is 7. The maximum Gasteiger partial charge on any atom is 0.586 e. The van der Waals surface area contributed by atoms with Gasteiger partial charge in [-0.25, -0.2) is 0 Å². The summed E-state index contributed by atoms with van der Waals surface area (Å²) in [7, 11) is 1.53. The van der Waals surface area contributed by atoms with E-state index in [0.717, 1.165) is 16.6 Å². The summed E-state index contributed by atoms with van der Waals surface area (Å²) in [5, 5.41) is 23.4. The Morgan fingerprint density at radius 3 is 2.51 bits per heavy atom. The van der Waals surface area contributed by atoms with Gasteiger partial charge in [0.25, 0.3) is 0 Å². The van der Waals surface area contributed by atoms with Gasteiger partial charge in [0, 0.05) is 32.5 Å². The molecule has 1 aromatic heterocycles. The molecule has 1 atom stereocenters. The number of aliphatic hydroxyl groups excluding tert-OH is 2. The molecule has 1 amide bonds. The number of halogens is 2. The number of aromatic nitrogens is 1. The van der Waals surface area contributed by atoms with E-state index in [-0.39, 0.29) is 40.3 Å². The summed E-state index contributed by atoms with van der Waals surface area (Å²) in [5.74, 6) is 0.0886. The highest BCUT2D eigenvalue weighted by Gasteiger charge is 2.53. The number of carbonyl (C=O) groups is 1. The predicted octanol–water partition coefficient (Wildman–Crippen LogP) is 5.03. The van der Waals surface area contributed by atoms with E-state index in [1.54, 1.807) is 12.1 Å². The van der Waals surface area contributed by atoms with E-state index in [9.17, 15) is 23.8 Å². The van der Waals surface area contributed by atoms with Crippen molar-refractivity contribution in [3.8, 4) is 17.2 Å². The zero-order valence-electron chi connectivity index (χ0n) is 21.1. The topological polar surface area (TPSA) is 102 Å². The van der Waals surface area contributed by atoms with Crippen LogP contribution in [0.3, 0.4) is 0 Å². The molecule has 0 unspecified atom stereocenters. The molecule has 2 aliphatic rings. The van der Waals surface area contributed by atoms with Crippen LogP contribution in [0.15, 0.2) is 36.4 Å². The van der Waals surface area contributed by atoms with Gasteiger partial charge in [-0.1, -0.05) is 26.8 Å². The Morgan fingerprint density at radius 1 is 1.19 bits per heavy atom. The first-order valence-electron chi connectivity index (χ1n) is 12.1. The van der Waals surface area contributed by atoms with E-state index in [0.29, 0.717) is 29.8 Å².